The molecule has 0 amide bonds. The smallest absolute Gasteiger partial charge is 0.00483 e. The van der Waals surface area contributed by atoms with E-state index in [2.05, 4.69) is 32.7 Å². The highest BCUT2D eigenvalue weighted by Gasteiger charge is 2.04. The Balaban J connectivity index is 3.36. The fraction of sp³-hybridized carbons (Fsp3) is 1.00. The van der Waals surface area contributed by atoms with Crippen molar-refractivity contribution in [1.29, 1.82) is 0 Å². The molecule has 0 aromatic rings. The van der Waals surface area contributed by atoms with Crippen molar-refractivity contribution >= 4 is 0 Å². The van der Waals surface area contributed by atoms with Crippen LogP contribution in [0.5, 0.6) is 0 Å². The van der Waals surface area contributed by atoms with Crippen LogP contribution in [-0.2, 0) is 0 Å². The molecule has 74 valence electrons. The molecule has 0 aliphatic carbocycles. The maximum atomic E-state index is 5.83. The molecular formula is C10H24N2. The Morgan fingerprint density at radius 2 is 1.92 bits per heavy atom. The Bertz CT molecular complexity index is 102. The summed E-state index contributed by atoms with van der Waals surface area (Å²) in [5, 5.41) is 0. The van der Waals surface area contributed by atoms with E-state index >= 15 is 0 Å². The van der Waals surface area contributed by atoms with Gasteiger partial charge in [-0.2, -0.15) is 0 Å². The molecule has 0 rings (SSSR count). The maximum Gasteiger partial charge on any atom is 0.00483 e. The van der Waals surface area contributed by atoms with E-state index in [0.29, 0.717) is 6.04 Å². The largest absolute Gasteiger partial charge is 0.328 e. The van der Waals surface area contributed by atoms with Crippen LogP contribution in [0.1, 0.15) is 33.6 Å². The SMILES string of the molecule is CCC(N)CCN(C)CC(C)C. The molecule has 1 unspecified atom stereocenters. The Morgan fingerprint density at radius 3 is 2.33 bits per heavy atom. The van der Waals surface area contributed by atoms with Gasteiger partial charge in [-0.3, -0.25) is 0 Å². The highest BCUT2D eigenvalue weighted by molar-refractivity contribution is 4.62. The number of hydrogen-bond acceptors (Lipinski definition) is 2. The summed E-state index contributed by atoms with van der Waals surface area (Å²) in [6.07, 6.45) is 2.22. The van der Waals surface area contributed by atoms with Gasteiger partial charge in [0.05, 0.1) is 0 Å². The van der Waals surface area contributed by atoms with Gasteiger partial charge in [0.2, 0.25) is 0 Å². The van der Waals surface area contributed by atoms with Crippen LogP contribution in [0.25, 0.3) is 0 Å². The first-order chi connectivity index (χ1) is 5.56. The lowest BCUT2D eigenvalue weighted by atomic mass is 10.1. The van der Waals surface area contributed by atoms with Crippen LogP contribution in [0, 0.1) is 5.92 Å². The normalized spacial score (nSPS) is 14.2. The lowest BCUT2D eigenvalue weighted by molar-refractivity contribution is 0.283. The first-order valence-corrected chi connectivity index (χ1v) is 5.00. The molecule has 0 spiro atoms. The van der Waals surface area contributed by atoms with E-state index in [1.165, 1.54) is 6.54 Å². The Labute approximate surface area is 77.1 Å². The van der Waals surface area contributed by atoms with Crippen molar-refractivity contribution in [2.45, 2.75) is 39.7 Å². The number of hydrogen-bond donors (Lipinski definition) is 1. The van der Waals surface area contributed by atoms with E-state index in [9.17, 15) is 0 Å². The van der Waals surface area contributed by atoms with Crippen LogP contribution in [0.4, 0.5) is 0 Å². The fourth-order valence-corrected chi connectivity index (χ4v) is 1.30. The van der Waals surface area contributed by atoms with Crippen molar-refractivity contribution in [3.8, 4) is 0 Å². The zero-order valence-corrected chi connectivity index (χ0v) is 9.01. The van der Waals surface area contributed by atoms with E-state index in [0.717, 1.165) is 25.3 Å². The Hall–Kier alpha value is -0.0800. The third-order valence-corrected chi connectivity index (χ3v) is 2.08. The minimum Gasteiger partial charge on any atom is -0.328 e. The third-order valence-electron chi connectivity index (χ3n) is 2.08. The second-order valence-corrected chi connectivity index (χ2v) is 4.11. The van der Waals surface area contributed by atoms with Crippen LogP contribution >= 0.6 is 0 Å². The van der Waals surface area contributed by atoms with E-state index in [1.807, 2.05) is 0 Å². The molecule has 0 saturated carbocycles. The molecule has 0 heterocycles. The molecule has 2 nitrogen and oxygen atoms in total. The predicted molar refractivity (Wildman–Crippen MR) is 55.2 cm³/mol. The number of rotatable bonds is 6. The van der Waals surface area contributed by atoms with Gasteiger partial charge >= 0.3 is 0 Å². The van der Waals surface area contributed by atoms with Crippen molar-refractivity contribution in [3.05, 3.63) is 0 Å². The van der Waals surface area contributed by atoms with Gasteiger partial charge in [0.1, 0.15) is 0 Å². The summed E-state index contributed by atoms with van der Waals surface area (Å²) >= 11 is 0. The van der Waals surface area contributed by atoms with Crippen molar-refractivity contribution in [1.82, 2.24) is 4.90 Å². The lowest BCUT2D eigenvalue weighted by Gasteiger charge is -2.20. The second-order valence-electron chi connectivity index (χ2n) is 4.11. The maximum absolute atomic E-state index is 5.83. The second kappa shape index (κ2) is 6.44. The molecule has 2 heteroatoms. The predicted octanol–water partition coefficient (Wildman–Crippen LogP) is 1.70. The van der Waals surface area contributed by atoms with Crippen molar-refractivity contribution in [2.75, 3.05) is 20.1 Å². The zero-order chi connectivity index (χ0) is 9.56. The van der Waals surface area contributed by atoms with E-state index in [4.69, 9.17) is 5.73 Å². The van der Waals surface area contributed by atoms with Gasteiger partial charge < -0.3 is 10.6 Å². The van der Waals surface area contributed by atoms with Crippen LogP contribution in [0.3, 0.4) is 0 Å². The first-order valence-electron chi connectivity index (χ1n) is 5.00. The van der Waals surface area contributed by atoms with Crippen LogP contribution in [0.2, 0.25) is 0 Å². The summed E-state index contributed by atoms with van der Waals surface area (Å²) in [5.74, 6) is 0.757. The van der Waals surface area contributed by atoms with Gasteiger partial charge in [-0.15, -0.1) is 0 Å². The van der Waals surface area contributed by atoms with Crippen molar-refractivity contribution < 1.29 is 0 Å². The summed E-state index contributed by atoms with van der Waals surface area (Å²) in [5.41, 5.74) is 5.83. The summed E-state index contributed by atoms with van der Waals surface area (Å²) in [4.78, 5) is 2.36. The van der Waals surface area contributed by atoms with E-state index in [-0.39, 0.29) is 0 Å². The molecule has 0 aliphatic rings. The molecule has 0 aromatic heterocycles. The van der Waals surface area contributed by atoms with Crippen molar-refractivity contribution in [3.63, 3.8) is 0 Å². The average molecular weight is 172 g/mol. The fourth-order valence-electron chi connectivity index (χ4n) is 1.30. The molecule has 12 heavy (non-hydrogen) atoms. The van der Waals surface area contributed by atoms with Gasteiger partial charge in [-0.1, -0.05) is 20.8 Å². The quantitative estimate of drug-likeness (QED) is 0.661. The van der Waals surface area contributed by atoms with Crippen LogP contribution < -0.4 is 5.73 Å². The topological polar surface area (TPSA) is 29.3 Å². The minimum absolute atomic E-state index is 0.389. The molecule has 0 bridgehead atoms. The number of nitrogens with two attached hydrogens (primary N) is 1. The summed E-state index contributed by atoms with van der Waals surface area (Å²) < 4.78 is 0. The van der Waals surface area contributed by atoms with Crippen molar-refractivity contribution in [2.24, 2.45) is 11.7 Å². The summed E-state index contributed by atoms with van der Waals surface area (Å²) in [6, 6.07) is 0.389. The van der Waals surface area contributed by atoms with Gasteiger partial charge in [-0.05, 0) is 32.4 Å². The molecule has 0 aliphatic heterocycles. The molecular weight excluding hydrogens is 148 g/mol. The van der Waals surface area contributed by atoms with Gasteiger partial charge in [-0.25, -0.2) is 0 Å². The van der Waals surface area contributed by atoms with Gasteiger partial charge in [0.25, 0.3) is 0 Å². The molecule has 0 aromatic carbocycles. The Kier molecular flexibility index (Phi) is 6.39. The number of nitrogens with zero attached hydrogens (tertiary/aromatic N) is 1. The highest BCUT2D eigenvalue weighted by atomic mass is 15.1. The van der Waals surface area contributed by atoms with Gasteiger partial charge in [0.15, 0.2) is 0 Å². The van der Waals surface area contributed by atoms with E-state index in [1.54, 1.807) is 0 Å². The minimum atomic E-state index is 0.389. The average Bonchev–Trinajstić information content (AvgIpc) is 1.99. The van der Waals surface area contributed by atoms with Gasteiger partial charge in [0, 0.05) is 12.6 Å². The monoisotopic (exact) mass is 172 g/mol. The highest BCUT2D eigenvalue weighted by Crippen LogP contribution is 1.99. The molecule has 0 radical (unpaired) electrons. The molecule has 2 N–H and O–H groups in total. The molecule has 0 fully saturated rings. The summed E-state index contributed by atoms with van der Waals surface area (Å²) in [6.45, 7) is 8.95. The molecule has 1 atom stereocenters. The van der Waals surface area contributed by atoms with Crippen LogP contribution in [-0.4, -0.2) is 31.1 Å². The zero-order valence-electron chi connectivity index (χ0n) is 9.01. The first kappa shape index (κ1) is 11.9. The molecule has 0 saturated heterocycles. The van der Waals surface area contributed by atoms with E-state index < -0.39 is 0 Å². The lowest BCUT2D eigenvalue weighted by Crippen LogP contribution is -2.29. The Morgan fingerprint density at radius 1 is 1.33 bits per heavy atom. The third kappa shape index (κ3) is 6.62. The standard InChI is InChI=1S/C10H24N2/c1-5-10(11)6-7-12(4)8-9(2)3/h9-10H,5-8,11H2,1-4H3. The van der Waals surface area contributed by atoms with Crippen LogP contribution in [0.15, 0.2) is 0 Å². The summed E-state index contributed by atoms with van der Waals surface area (Å²) in [7, 11) is 2.17.